The maximum atomic E-state index is 12.0. The minimum Gasteiger partial charge on any atom is -0.346 e. The quantitative estimate of drug-likeness (QED) is 0.820. The molecular weight excluding hydrogens is 236 g/mol. The second-order valence-corrected chi connectivity index (χ2v) is 6.42. The lowest BCUT2D eigenvalue weighted by Crippen LogP contribution is -2.09. The highest BCUT2D eigenvalue weighted by molar-refractivity contribution is 5.39. The number of H-pyrrole nitrogens is 1. The summed E-state index contributed by atoms with van der Waals surface area (Å²) >= 11 is 0. The summed E-state index contributed by atoms with van der Waals surface area (Å²) in [5.41, 5.74) is 2.84. The van der Waals surface area contributed by atoms with Crippen molar-refractivity contribution in [3.63, 3.8) is 0 Å². The third-order valence-corrected chi connectivity index (χ3v) is 5.12. The van der Waals surface area contributed by atoms with Crippen molar-refractivity contribution in [2.75, 3.05) is 0 Å². The minimum absolute atomic E-state index is 0.174. The van der Waals surface area contributed by atoms with Crippen molar-refractivity contribution >= 4 is 5.65 Å². The molecular formula is C16H20N2O. The van der Waals surface area contributed by atoms with Crippen molar-refractivity contribution in [3.8, 4) is 0 Å². The number of imidazole rings is 1. The first kappa shape index (κ1) is 11.3. The van der Waals surface area contributed by atoms with Gasteiger partial charge in [0.25, 0.3) is 0 Å². The highest BCUT2D eigenvalue weighted by Crippen LogP contribution is 2.71. The smallest absolute Gasteiger partial charge is 0.186 e. The van der Waals surface area contributed by atoms with Gasteiger partial charge in [0, 0.05) is 30.2 Å². The first-order valence-electron chi connectivity index (χ1n) is 7.45. The molecule has 3 nitrogen and oxygen atoms in total. The first-order chi connectivity index (χ1) is 9.27. The third-order valence-electron chi connectivity index (χ3n) is 5.12. The third kappa shape index (κ3) is 2.01. The first-order valence-corrected chi connectivity index (χ1v) is 7.45. The van der Waals surface area contributed by atoms with Gasteiger partial charge in [-0.05, 0) is 49.9 Å². The second kappa shape index (κ2) is 3.99. The Morgan fingerprint density at radius 2 is 2.26 bits per heavy atom. The van der Waals surface area contributed by atoms with Gasteiger partial charge in [-0.2, -0.15) is 0 Å². The van der Waals surface area contributed by atoms with Crippen LogP contribution in [0.5, 0.6) is 0 Å². The molecule has 19 heavy (non-hydrogen) atoms. The number of hydrogen-bond donors (Lipinski definition) is 1. The fourth-order valence-corrected chi connectivity index (χ4v) is 3.54. The van der Waals surface area contributed by atoms with Gasteiger partial charge >= 0.3 is 0 Å². The molecule has 2 aliphatic carbocycles. The number of unbranched alkanes of at least 4 members (excludes halogenated alkanes) is 1. The van der Waals surface area contributed by atoms with Crippen molar-refractivity contribution in [2.24, 2.45) is 11.3 Å². The Bertz CT molecular complexity index is 663. The molecule has 0 amide bonds. The van der Waals surface area contributed by atoms with Crippen molar-refractivity contribution in [2.45, 2.75) is 44.9 Å². The number of aromatic nitrogens is 2. The molecule has 0 bridgehead atoms. The van der Waals surface area contributed by atoms with Crippen LogP contribution in [-0.2, 0) is 6.42 Å². The summed E-state index contributed by atoms with van der Waals surface area (Å²) in [5, 5.41) is 0. The van der Waals surface area contributed by atoms with Gasteiger partial charge in [-0.1, -0.05) is 6.42 Å². The molecule has 1 N–H and O–H groups in total. The van der Waals surface area contributed by atoms with E-state index in [9.17, 15) is 4.79 Å². The Balaban J connectivity index is 1.35. The fraction of sp³-hybridized carbons (Fsp3) is 0.562. The topological polar surface area (TPSA) is 37.3 Å². The lowest BCUT2D eigenvalue weighted by molar-refractivity contribution is 0.582. The van der Waals surface area contributed by atoms with E-state index in [1.165, 1.54) is 32.1 Å². The van der Waals surface area contributed by atoms with Crippen LogP contribution in [0.25, 0.3) is 5.65 Å². The highest BCUT2D eigenvalue weighted by Gasteiger charge is 2.61. The standard InChI is InChI=1S/C16H20N2O/c19-14-9-15-17-7-8-18(15)11-12(14)3-1-2-4-13-10-16(13)5-6-16/h7-9,11,13,17H,1-6,10H2. The summed E-state index contributed by atoms with van der Waals surface area (Å²) in [5.74, 6) is 1.03. The molecule has 2 heterocycles. The normalized spacial score (nSPS) is 23.1. The number of nitrogens with zero attached hydrogens (tertiary/aromatic N) is 1. The molecule has 1 atom stereocenters. The van der Waals surface area contributed by atoms with Crippen molar-refractivity contribution in [1.82, 2.24) is 9.38 Å². The van der Waals surface area contributed by atoms with E-state index in [1.54, 1.807) is 6.07 Å². The fourth-order valence-electron chi connectivity index (χ4n) is 3.54. The molecule has 1 unspecified atom stereocenters. The van der Waals surface area contributed by atoms with Gasteiger partial charge in [-0.15, -0.1) is 0 Å². The van der Waals surface area contributed by atoms with E-state index in [1.807, 2.05) is 23.0 Å². The van der Waals surface area contributed by atoms with Gasteiger partial charge in [-0.3, -0.25) is 4.79 Å². The van der Waals surface area contributed by atoms with Crippen LogP contribution in [-0.4, -0.2) is 9.38 Å². The van der Waals surface area contributed by atoms with Gasteiger partial charge in [-0.25, -0.2) is 0 Å². The Hall–Kier alpha value is -1.51. The van der Waals surface area contributed by atoms with Crippen molar-refractivity contribution in [3.05, 3.63) is 40.4 Å². The molecule has 2 aromatic rings. The lowest BCUT2D eigenvalue weighted by Gasteiger charge is -2.02. The zero-order chi connectivity index (χ0) is 12.9. The van der Waals surface area contributed by atoms with Gasteiger partial charge in [0.15, 0.2) is 5.43 Å². The maximum Gasteiger partial charge on any atom is 0.186 e. The molecule has 0 saturated heterocycles. The van der Waals surface area contributed by atoms with E-state index in [0.29, 0.717) is 0 Å². The average molecular weight is 256 g/mol. The largest absolute Gasteiger partial charge is 0.346 e. The number of aromatic amines is 1. The molecule has 2 fully saturated rings. The number of aryl methyl sites for hydroxylation is 1. The SMILES string of the molecule is O=c1cc2[nH]ccn2cc1CCCCC1CC12CC2. The van der Waals surface area contributed by atoms with Gasteiger partial charge in [0.1, 0.15) is 5.65 Å². The summed E-state index contributed by atoms with van der Waals surface area (Å²) in [7, 11) is 0. The average Bonchev–Trinajstić information content (AvgIpc) is 3.27. The number of nitrogens with one attached hydrogen (secondary N) is 1. The molecule has 0 aliphatic heterocycles. The van der Waals surface area contributed by atoms with E-state index < -0.39 is 0 Å². The van der Waals surface area contributed by atoms with Gasteiger partial charge in [0.05, 0.1) is 0 Å². The van der Waals surface area contributed by atoms with Gasteiger partial charge in [0.2, 0.25) is 0 Å². The summed E-state index contributed by atoms with van der Waals surface area (Å²) in [6, 6.07) is 1.70. The van der Waals surface area contributed by atoms with Crippen LogP contribution in [0.3, 0.4) is 0 Å². The monoisotopic (exact) mass is 256 g/mol. The van der Waals surface area contributed by atoms with E-state index >= 15 is 0 Å². The maximum absolute atomic E-state index is 12.0. The van der Waals surface area contributed by atoms with Crippen LogP contribution in [0.1, 0.15) is 44.1 Å². The zero-order valence-electron chi connectivity index (χ0n) is 11.2. The molecule has 2 aromatic heterocycles. The molecule has 0 radical (unpaired) electrons. The predicted octanol–water partition coefficient (Wildman–Crippen LogP) is 3.14. The van der Waals surface area contributed by atoms with Crippen LogP contribution in [0.4, 0.5) is 0 Å². The minimum atomic E-state index is 0.174. The number of fused-ring (bicyclic) bond motifs is 1. The van der Waals surface area contributed by atoms with Crippen molar-refractivity contribution in [1.29, 1.82) is 0 Å². The molecule has 2 aliphatic rings. The van der Waals surface area contributed by atoms with E-state index in [0.717, 1.165) is 35.4 Å². The van der Waals surface area contributed by atoms with E-state index in [-0.39, 0.29) is 5.43 Å². The summed E-state index contributed by atoms with van der Waals surface area (Å²) < 4.78 is 2.00. The summed E-state index contributed by atoms with van der Waals surface area (Å²) in [6.07, 6.45) is 15.0. The Kier molecular flexibility index (Phi) is 2.38. The molecule has 2 saturated carbocycles. The molecule has 1 spiro atoms. The van der Waals surface area contributed by atoms with Crippen LogP contribution in [0.2, 0.25) is 0 Å². The highest BCUT2D eigenvalue weighted by atomic mass is 16.1. The Morgan fingerprint density at radius 1 is 1.37 bits per heavy atom. The van der Waals surface area contributed by atoms with Crippen LogP contribution in [0.15, 0.2) is 29.5 Å². The van der Waals surface area contributed by atoms with Crippen LogP contribution >= 0.6 is 0 Å². The zero-order valence-corrected chi connectivity index (χ0v) is 11.2. The summed E-state index contributed by atoms with van der Waals surface area (Å²) in [6.45, 7) is 0. The van der Waals surface area contributed by atoms with E-state index in [4.69, 9.17) is 0 Å². The molecule has 3 heteroatoms. The molecule has 0 aromatic carbocycles. The molecule has 100 valence electrons. The van der Waals surface area contributed by atoms with Crippen molar-refractivity contribution < 1.29 is 0 Å². The van der Waals surface area contributed by atoms with E-state index in [2.05, 4.69) is 4.98 Å². The number of rotatable bonds is 5. The number of hydrogen-bond acceptors (Lipinski definition) is 1. The molecule has 4 rings (SSSR count). The van der Waals surface area contributed by atoms with Gasteiger partial charge < -0.3 is 9.38 Å². The summed E-state index contributed by atoms with van der Waals surface area (Å²) in [4.78, 5) is 15.0. The van der Waals surface area contributed by atoms with Crippen LogP contribution in [0, 0.1) is 11.3 Å². The predicted molar refractivity (Wildman–Crippen MR) is 75.3 cm³/mol. The Labute approximate surface area is 112 Å². The number of pyridine rings is 1. The lowest BCUT2D eigenvalue weighted by atomic mass is 10.1. The second-order valence-electron chi connectivity index (χ2n) is 6.42. The Morgan fingerprint density at radius 3 is 3.05 bits per heavy atom. The van der Waals surface area contributed by atoms with Crippen LogP contribution < -0.4 is 5.43 Å².